The minimum Gasteiger partial charge on any atom is -0.495 e. The summed E-state index contributed by atoms with van der Waals surface area (Å²) in [5.41, 5.74) is 1.76. The number of para-hydroxylation sites is 1. The highest BCUT2D eigenvalue weighted by Crippen LogP contribution is 2.30. The topological polar surface area (TPSA) is 84.5 Å². The van der Waals surface area contributed by atoms with E-state index in [0.717, 1.165) is 5.56 Å². The number of carbonyl (C=O) groups is 1. The smallest absolute Gasteiger partial charge is 0.255 e. The van der Waals surface area contributed by atoms with Crippen LogP contribution in [0, 0.1) is 0 Å². The van der Waals surface area contributed by atoms with E-state index in [4.69, 9.17) is 4.74 Å². The number of hydrogen-bond acceptors (Lipinski definition) is 4. The lowest BCUT2D eigenvalue weighted by Gasteiger charge is -2.23. The molecule has 0 atom stereocenters. The molecule has 0 aromatic heterocycles. The molecule has 0 saturated carbocycles. The molecule has 0 radical (unpaired) electrons. The number of methoxy groups -OCH3 is 1. The number of sulfonamides is 1. The van der Waals surface area contributed by atoms with Crippen LogP contribution in [-0.2, 0) is 15.4 Å². The molecule has 1 amide bonds. The molecule has 0 saturated heterocycles. The van der Waals surface area contributed by atoms with Crippen molar-refractivity contribution in [3.8, 4) is 5.75 Å². The number of ether oxygens (including phenoxy) is 1. The van der Waals surface area contributed by atoms with Gasteiger partial charge in [0.05, 0.1) is 7.11 Å². The molecule has 2 aromatic carbocycles. The third-order valence-electron chi connectivity index (χ3n) is 4.09. The van der Waals surface area contributed by atoms with Gasteiger partial charge in [-0.1, -0.05) is 39.0 Å². The average Bonchev–Trinajstić information content (AvgIpc) is 2.59. The van der Waals surface area contributed by atoms with E-state index in [0.29, 0.717) is 5.69 Å². The molecule has 0 spiro atoms. The summed E-state index contributed by atoms with van der Waals surface area (Å²) >= 11 is 0. The lowest BCUT2D eigenvalue weighted by atomic mass is 9.86. The first-order valence-electron chi connectivity index (χ1n) is 9.07. The van der Waals surface area contributed by atoms with Crippen LogP contribution in [0.3, 0.4) is 0 Å². The zero-order valence-electron chi connectivity index (χ0n) is 17.2. The van der Waals surface area contributed by atoms with E-state index in [2.05, 4.69) is 30.8 Å². The highest BCUT2D eigenvalue weighted by atomic mass is 32.2. The Morgan fingerprint density at radius 3 is 2.29 bits per heavy atom. The molecule has 0 fully saturated rings. The maximum Gasteiger partial charge on any atom is 0.255 e. The van der Waals surface area contributed by atoms with Crippen molar-refractivity contribution in [3.05, 3.63) is 53.6 Å². The predicted octanol–water partition coefficient (Wildman–Crippen LogP) is 3.93. The SMILES string of the molecule is COc1ccc(C(=O)Nc2ccccc2C(C)(C)C)cc1S(=O)(=O)NC(C)C. The Balaban J connectivity index is 2.42. The Labute approximate surface area is 167 Å². The van der Waals surface area contributed by atoms with Crippen molar-refractivity contribution in [1.82, 2.24) is 4.72 Å². The molecule has 2 aromatic rings. The van der Waals surface area contributed by atoms with Gasteiger partial charge in [-0.15, -0.1) is 0 Å². The zero-order valence-corrected chi connectivity index (χ0v) is 18.0. The highest BCUT2D eigenvalue weighted by molar-refractivity contribution is 7.89. The van der Waals surface area contributed by atoms with Gasteiger partial charge in [0.1, 0.15) is 10.6 Å². The molecule has 0 heterocycles. The van der Waals surface area contributed by atoms with Crippen molar-refractivity contribution in [2.75, 3.05) is 12.4 Å². The second kappa shape index (κ2) is 8.32. The van der Waals surface area contributed by atoms with Crippen LogP contribution in [0.15, 0.2) is 47.4 Å². The standard InChI is InChI=1S/C21H28N2O4S/c1-14(2)23-28(25,26)19-13-15(11-12-18(19)27-6)20(24)22-17-10-8-7-9-16(17)21(3,4)5/h7-14,23H,1-6H3,(H,22,24). The van der Waals surface area contributed by atoms with Gasteiger partial charge < -0.3 is 10.1 Å². The van der Waals surface area contributed by atoms with Crippen LogP contribution in [0.2, 0.25) is 0 Å². The number of amides is 1. The van der Waals surface area contributed by atoms with Crippen molar-refractivity contribution in [2.24, 2.45) is 0 Å². The second-order valence-corrected chi connectivity index (χ2v) is 9.57. The van der Waals surface area contributed by atoms with Crippen molar-refractivity contribution in [3.63, 3.8) is 0 Å². The van der Waals surface area contributed by atoms with Crippen molar-refractivity contribution in [2.45, 2.75) is 51.0 Å². The van der Waals surface area contributed by atoms with E-state index in [1.807, 2.05) is 24.3 Å². The summed E-state index contributed by atoms with van der Waals surface area (Å²) in [5.74, 6) is -0.208. The van der Waals surface area contributed by atoms with Gasteiger partial charge in [-0.2, -0.15) is 0 Å². The lowest BCUT2D eigenvalue weighted by molar-refractivity contribution is 0.102. The quantitative estimate of drug-likeness (QED) is 0.764. The van der Waals surface area contributed by atoms with Crippen LogP contribution in [-0.4, -0.2) is 27.5 Å². The summed E-state index contributed by atoms with van der Waals surface area (Å²) in [6.45, 7) is 9.64. The van der Waals surface area contributed by atoms with Gasteiger partial charge in [0.15, 0.2) is 0 Å². The number of rotatable bonds is 6. The Kier molecular flexibility index (Phi) is 6.52. The third-order valence-corrected chi connectivity index (χ3v) is 5.77. The van der Waals surface area contributed by atoms with Crippen molar-refractivity contribution in [1.29, 1.82) is 0 Å². The molecule has 7 heteroatoms. The maximum absolute atomic E-state index is 12.8. The number of nitrogens with one attached hydrogen (secondary N) is 2. The van der Waals surface area contributed by atoms with Gasteiger partial charge in [0, 0.05) is 17.3 Å². The summed E-state index contributed by atoms with van der Waals surface area (Å²) in [5, 5.41) is 2.90. The normalized spacial score (nSPS) is 12.1. The van der Waals surface area contributed by atoms with Crippen molar-refractivity contribution >= 4 is 21.6 Å². The molecule has 0 bridgehead atoms. The molecular weight excluding hydrogens is 376 g/mol. The largest absolute Gasteiger partial charge is 0.495 e. The van der Waals surface area contributed by atoms with Gasteiger partial charge in [-0.05, 0) is 49.1 Å². The first kappa shape index (κ1) is 21.9. The number of carbonyl (C=O) groups excluding carboxylic acids is 1. The first-order chi connectivity index (χ1) is 13.0. The first-order valence-corrected chi connectivity index (χ1v) is 10.6. The van der Waals surface area contributed by atoms with Gasteiger partial charge in [-0.25, -0.2) is 13.1 Å². The molecule has 0 aliphatic rings. The van der Waals surface area contributed by atoms with E-state index in [1.165, 1.54) is 19.2 Å². The van der Waals surface area contributed by atoms with Gasteiger partial charge in [-0.3, -0.25) is 4.79 Å². The molecule has 6 nitrogen and oxygen atoms in total. The number of hydrogen-bond donors (Lipinski definition) is 2. The second-order valence-electron chi connectivity index (χ2n) is 7.89. The maximum atomic E-state index is 12.8. The summed E-state index contributed by atoms with van der Waals surface area (Å²) in [6.07, 6.45) is 0. The molecule has 0 unspecified atom stereocenters. The van der Waals surface area contributed by atoms with Crippen LogP contribution in [0.5, 0.6) is 5.75 Å². The number of benzene rings is 2. The summed E-state index contributed by atoms with van der Waals surface area (Å²) in [6, 6.07) is 11.6. The molecule has 2 N–H and O–H groups in total. The Morgan fingerprint density at radius 2 is 1.71 bits per heavy atom. The summed E-state index contributed by atoms with van der Waals surface area (Å²) in [7, 11) is -2.43. The van der Waals surface area contributed by atoms with Crippen LogP contribution in [0.4, 0.5) is 5.69 Å². The van der Waals surface area contributed by atoms with Gasteiger partial charge in [0.25, 0.3) is 5.91 Å². The van der Waals surface area contributed by atoms with E-state index in [-0.39, 0.29) is 33.6 Å². The van der Waals surface area contributed by atoms with Gasteiger partial charge >= 0.3 is 0 Å². The van der Waals surface area contributed by atoms with Crippen LogP contribution >= 0.6 is 0 Å². The fraction of sp³-hybridized carbons (Fsp3) is 0.381. The van der Waals surface area contributed by atoms with E-state index in [9.17, 15) is 13.2 Å². The Hall–Kier alpha value is -2.38. The van der Waals surface area contributed by atoms with Crippen molar-refractivity contribution < 1.29 is 17.9 Å². The monoisotopic (exact) mass is 404 g/mol. The van der Waals surface area contributed by atoms with Crippen LogP contribution in [0.1, 0.15) is 50.5 Å². The third kappa shape index (κ3) is 5.11. The fourth-order valence-electron chi connectivity index (χ4n) is 2.84. The molecule has 28 heavy (non-hydrogen) atoms. The van der Waals surface area contributed by atoms with Crippen LogP contribution in [0.25, 0.3) is 0 Å². The van der Waals surface area contributed by atoms with E-state index >= 15 is 0 Å². The summed E-state index contributed by atoms with van der Waals surface area (Å²) in [4.78, 5) is 12.8. The molecular formula is C21H28N2O4S. The lowest BCUT2D eigenvalue weighted by Crippen LogP contribution is -2.30. The molecule has 152 valence electrons. The van der Waals surface area contributed by atoms with Crippen LogP contribution < -0.4 is 14.8 Å². The molecule has 2 rings (SSSR count). The number of anilines is 1. The van der Waals surface area contributed by atoms with Gasteiger partial charge in [0.2, 0.25) is 10.0 Å². The molecule has 0 aliphatic carbocycles. The van der Waals surface area contributed by atoms with E-state index in [1.54, 1.807) is 19.9 Å². The Bertz CT molecular complexity index is 961. The summed E-state index contributed by atoms with van der Waals surface area (Å²) < 4.78 is 32.9. The average molecular weight is 405 g/mol. The molecule has 0 aliphatic heterocycles. The Morgan fingerprint density at radius 1 is 1.07 bits per heavy atom. The predicted molar refractivity (Wildman–Crippen MR) is 112 cm³/mol. The fourth-order valence-corrected chi connectivity index (χ4v) is 4.29. The highest BCUT2D eigenvalue weighted by Gasteiger charge is 2.23. The zero-order chi connectivity index (χ0) is 21.1. The minimum absolute atomic E-state index is 0.0690. The minimum atomic E-state index is -3.82. The van der Waals surface area contributed by atoms with E-state index < -0.39 is 10.0 Å².